The summed E-state index contributed by atoms with van der Waals surface area (Å²) in [6, 6.07) is 6.78. The first-order chi connectivity index (χ1) is 8.20. The van der Waals surface area contributed by atoms with Crippen molar-refractivity contribution < 1.29 is 0 Å². The third-order valence-corrected chi connectivity index (χ3v) is 3.66. The van der Waals surface area contributed by atoms with Gasteiger partial charge in [0.15, 0.2) is 0 Å². The molecule has 1 unspecified atom stereocenters. The van der Waals surface area contributed by atoms with E-state index in [-0.39, 0.29) is 0 Å². The normalized spacial score (nSPS) is 19.9. The molecule has 1 aliphatic heterocycles. The minimum absolute atomic E-state index is 0.815. The Morgan fingerprint density at radius 1 is 1.35 bits per heavy atom. The van der Waals surface area contributed by atoms with E-state index in [2.05, 4.69) is 49.2 Å². The lowest BCUT2D eigenvalue weighted by atomic mass is 10.1. The maximum Gasteiger partial charge on any atom is 0.0396 e. The molecule has 1 atom stereocenters. The molecule has 0 radical (unpaired) electrons. The molecule has 2 nitrogen and oxygen atoms in total. The van der Waals surface area contributed by atoms with Gasteiger partial charge in [0.25, 0.3) is 0 Å². The Hall–Kier alpha value is -1.02. The largest absolute Gasteiger partial charge is 0.371 e. The highest BCUT2D eigenvalue weighted by Crippen LogP contribution is 2.27. The van der Waals surface area contributed by atoms with Gasteiger partial charge in [-0.05, 0) is 50.9 Å². The van der Waals surface area contributed by atoms with Gasteiger partial charge in [0.1, 0.15) is 0 Å². The van der Waals surface area contributed by atoms with Crippen molar-refractivity contribution in [2.24, 2.45) is 5.92 Å². The van der Waals surface area contributed by atoms with Crippen molar-refractivity contribution in [3.63, 3.8) is 0 Å². The van der Waals surface area contributed by atoms with Crippen molar-refractivity contribution in [2.75, 3.05) is 31.1 Å². The van der Waals surface area contributed by atoms with Crippen molar-refractivity contribution in [3.8, 4) is 0 Å². The Bertz CT molecular complexity index is 373. The van der Waals surface area contributed by atoms with Crippen molar-refractivity contribution >= 4 is 5.69 Å². The van der Waals surface area contributed by atoms with Crippen molar-refractivity contribution in [2.45, 2.75) is 27.2 Å². The number of hydrogen-bond acceptors (Lipinski definition) is 2. The van der Waals surface area contributed by atoms with Crippen molar-refractivity contribution in [1.82, 2.24) is 5.32 Å². The number of aryl methyl sites for hydroxylation is 2. The molecule has 1 aliphatic rings. The molecule has 2 heteroatoms. The zero-order valence-corrected chi connectivity index (χ0v) is 11.3. The third-order valence-electron chi connectivity index (χ3n) is 3.66. The molecule has 0 spiro atoms. The van der Waals surface area contributed by atoms with Crippen LogP contribution in [0.2, 0.25) is 0 Å². The molecular weight excluding hydrogens is 208 g/mol. The lowest BCUT2D eigenvalue weighted by molar-refractivity contribution is 0.528. The quantitative estimate of drug-likeness (QED) is 0.858. The number of nitrogens with zero attached hydrogens (tertiary/aromatic N) is 1. The number of hydrogen-bond donors (Lipinski definition) is 1. The molecule has 1 aromatic rings. The monoisotopic (exact) mass is 232 g/mol. The van der Waals surface area contributed by atoms with Gasteiger partial charge in [-0.25, -0.2) is 0 Å². The van der Waals surface area contributed by atoms with E-state index >= 15 is 0 Å². The van der Waals surface area contributed by atoms with Crippen molar-refractivity contribution in [1.29, 1.82) is 0 Å². The lowest BCUT2D eigenvalue weighted by Gasteiger charge is -2.21. The summed E-state index contributed by atoms with van der Waals surface area (Å²) in [5.74, 6) is 0.815. The second-order valence-corrected chi connectivity index (χ2v) is 5.20. The fourth-order valence-corrected chi connectivity index (χ4v) is 2.73. The summed E-state index contributed by atoms with van der Waals surface area (Å²) in [4.78, 5) is 2.54. The van der Waals surface area contributed by atoms with Crippen LogP contribution in [0.25, 0.3) is 0 Å². The second kappa shape index (κ2) is 5.54. The summed E-state index contributed by atoms with van der Waals surface area (Å²) < 4.78 is 0. The molecule has 1 fully saturated rings. The summed E-state index contributed by atoms with van der Waals surface area (Å²) in [6.07, 6.45) is 1.32. The Morgan fingerprint density at radius 3 is 2.88 bits per heavy atom. The van der Waals surface area contributed by atoms with Gasteiger partial charge in [0.05, 0.1) is 0 Å². The molecular formula is C15H24N2. The van der Waals surface area contributed by atoms with E-state index in [1.807, 2.05) is 0 Å². The highest BCUT2D eigenvalue weighted by Gasteiger charge is 2.22. The smallest absolute Gasteiger partial charge is 0.0396 e. The third kappa shape index (κ3) is 3.01. The van der Waals surface area contributed by atoms with Crippen LogP contribution in [0, 0.1) is 19.8 Å². The first-order valence-electron chi connectivity index (χ1n) is 6.73. The van der Waals surface area contributed by atoms with Crippen LogP contribution in [0.3, 0.4) is 0 Å². The molecule has 1 saturated heterocycles. The van der Waals surface area contributed by atoms with Crippen LogP contribution in [0.4, 0.5) is 5.69 Å². The second-order valence-electron chi connectivity index (χ2n) is 5.20. The van der Waals surface area contributed by atoms with Crippen LogP contribution < -0.4 is 10.2 Å². The van der Waals surface area contributed by atoms with Gasteiger partial charge in [-0.15, -0.1) is 0 Å². The Labute approximate surface area is 105 Å². The summed E-state index contributed by atoms with van der Waals surface area (Å²) in [6.45, 7) is 11.2. The minimum atomic E-state index is 0.815. The molecule has 0 bridgehead atoms. The fraction of sp³-hybridized carbons (Fsp3) is 0.600. The molecule has 17 heavy (non-hydrogen) atoms. The van der Waals surface area contributed by atoms with Crippen LogP contribution in [0.5, 0.6) is 0 Å². The molecule has 1 aromatic carbocycles. The first-order valence-corrected chi connectivity index (χ1v) is 6.73. The standard InChI is InChI=1S/C15H24N2/c1-4-16-10-14-7-8-17(11-14)15-6-5-12(2)9-13(15)3/h5-6,9,14,16H,4,7-8,10-11H2,1-3H3. The molecule has 1 N–H and O–H groups in total. The topological polar surface area (TPSA) is 15.3 Å². The zero-order valence-electron chi connectivity index (χ0n) is 11.3. The summed E-state index contributed by atoms with van der Waals surface area (Å²) in [5.41, 5.74) is 4.19. The highest BCUT2D eigenvalue weighted by atomic mass is 15.2. The van der Waals surface area contributed by atoms with Gasteiger partial charge in [-0.1, -0.05) is 24.6 Å². The minimum Gasteiger partial charge on any atom is -0.371 e. The Morgan fingerprint density at radius 2 is 2.18 bits per heavy atom. The average molecular weight is 232 g/mol. The van der Waals surface area contributed by atoms with Crippen LogP contribution in [-0.4, -0.2) is 26.2 Å². The van der Waals surface area contributed by atoms with E-state index in [0.29, 0.717) is 0 Å². The van der Waals surface area contributed by atoms with E-state index in [4.69, 9.17) is 0 Å². The molecule has 1 heterocycles. The molecule has 0 aromatic heterocycles. The van der Waals surface area contributed by atoms with Crippen LogP contribution in [0.15, 0.2) is 18.2 Å². The van der Waals surface area contributed by atoms with Gasteiger partial charge < -0.3 is 10.2 Å². The van der Waals surface area contributed by atoms with E-state index in [0.717, 1.165) is 19.0 Å². The first kappa shape index (κ1) is 12.4. The summed E-state index contributed by atoms with van der Waals surface area (Å²) in [5, 5.41) is 3.46. The molecule has 0 amide bonds. The zero-order chi connectivity index (χ0) is 12.3. The SMILES string of the molecule is CCNCC1CCN(c2ccc(C)cc2C)C1. The van der Waals surface area contributed by atoms with Gasteiger partial charge in [0.2, 0.25) is 0 Å². The van der Waals surface area contributed by atoms with Crippen LogP contribution >= 0.6 is 0 Å². The van der Waals surface area contributed by atoms with E-state index < -0.39 is 0 Å². The maximum absolute atomic E-state index is 3.46. The summed E-state index contributed by atoms with van der Waals surface area (Å²) in [7, 11) is 0. The molecule has 94 valence electrons. The van der Waals surface area contributed by atoms with E-state index in [9.17, 15) is 0 Å². The number of benzene rings is 1. The Kier molecular flexibility index (Phi) is 4.06. The van der Waals surface area contributed by atoms with Crippen molar-refractivity contribution in [3.05, 3.63) is 29.3 Å². The van der Waals surface area contributed by atoms with Gasteiger partial charge in [0, 0.05) is 18.8 Å². The number of rotatable bonds is 4. The fourth-order valence-electron chi connectivity index (χ4n) is 2.73. The van der Waals surface area contributed by atoms with Crippen LogP contribution in [-0.2, 0) is 0 Å². The van der Waals surface area contributed by atoms with Crippen LogP contribution in [0.1, 0.15) is 24.5 Å². The molecule has 0 saturated carbocycles. The molecule has 2 rings (SSSR count). The molecule has 0 aliphatic carbocycles. The van der Waals surface area contributed by atoms with Gasteiger partial charge >= 0.3 is 0 Å². The number of anilines is 1. The Balaban J connectivity index is 2.00. The lowest BCUT2D eigenvalue weighted by Crippen LogP contribution is -2.26. The van der Waals surface area contributed by atoms with Gasteiger partial charge in [-0.3, -0.25) is 0 Å². The maximum atomic E-state index is 3.46. The number of nitrogens with one attached hydrogen (secondary N) is 1. The summed E-state index contributed by atoms with van der Waals surface area (Å²) >= 11 is 0. The van der Waals surface area contributed by atoms with E-state index in [1.54, 1.807) is 0 Å². The predicted molar refractivity (Wildman–Crippen MR) is 74.8 cm³/mol. The predicted octanol–water partition coefficient (Wildman–Crippen LogP) is 2.74. The van der Waals surface area contributed by atoms with Gasteiger partial charge in [-0.2, -0.15) is 0 Å². The highest BCUT2D eigenvalue weighted by molar-refractivity contribution is 5.55. The average Bonchev–Trinajstić information content (AvgIpc) is 2.75. The van der Waals surface area contributed by atoms with E-state index in [1.165, 1.54) is 36.3 Å².